The van der Waals surface area contributed by atoms with Gasteiger partial charge in [0.05, 0.1) is 28.8 Å². The predicted molar refractivity (Wildman–Crippen MR) is 177 cm³/mol. The second kappa shape index (κ2) is 11.7. The Balaban J connectivity index is 1.32. The van der Waals surface area contributed by atoms with Crippen LogP contribution in [-0.4, -0.2) is 73.6 Å². The van der Waals surface area contributed by atoms with Gasteiger partial charge in [0.2, 0.25) is 0 Å². The molecule has 0 aliphatic carbocycles. The number of terminal acetylenes is 1. The molecular weight excluding hydrogens is 616 g/mol. The molecule has 2 saturated heterocycles. The fourth-order valence-corrected chi connectivity index (χ4v) is 8.08. The van der Waals surface area contributed by atoms with Gasteiger partial charge in [0, 0.05) is 43.4 Å². The van der Waals surface area contributed by atoms with Crippen LogP contribution in [0.4, 0.5) is 20.4 Å². The third-order valence-corrected chi connectivity index (χ3v) is 10.2. The number of phenolic OH excluding ortho intramolecular Hbond substituents is 1. The van der Waals surface area contributed by atoms with Crippen molar-refractivity contribution in [1.29, 1.82) is 0 Å². The van der Waals surface area contributed by atoms with Crippen LogP contribution in [0.25, 0.3) is 32.9 Å². The number of methoxy groups -OCH3 is 1. The first-order valence-electron chi connectivity index (χ1n) is 16.3. The van der Waals surface area contributed by atoms with E-state index in [1.165, 1.54) is 30.5 Å². The largest absolute Gasteiger partial charge is 0.508 e. The molecule has 8 rings (SSSR count). The van der Waals surface area contributed by atoms with Crippen LogP contribution in [0.1, 0.15) is 48.9 Å². The van der Waals surface area contributed by atoms with E-state index < -0.39 is 11.6 Å². The Morgan fingerprint density at radius 2 is 1.90 bits per heavy atom. The van der Waals surface area contributed by atoms with Crippen LogP contribution in [0.15, 0.2) is 30.5 Å². The van der Waals surface area contributed by atoms with E-state index in [1.54, 1.807) is 11.8 Å². The van der Waals surface area contributed by atoms with Crippen molar-refractivity contribution in [1.82, 2.24) is 29.6 Å². The lowest BCUT2D eigenvalue weighted by Crippen LogP contribution is -2.43. The van der Waals surface area contributed by atoms with Gasteiger partial charge in [0.15, 0.2) is 11.6 Å². The minimum atomic E-state index is -0.760. The number of phenols is 1. The molecule has 0 unspecified atom stereocenters. The minimum absolute atomic E-state index is 0.00578. The Labute approximate surface area is 276 Å². The molecule has 3 aliphatic rings. The van der Waals surface area contributed by atoms with Gasteiger partial charge in [-0.1, -0.05) is 12.0 Å². The average molecular weight is 652 g/mol. The molecule has 5 aromatic rings. The summed E-state index contributed by atoms with van der Waals surface area (Å²) in [6, 6.07) is 5.58. The Bertz CT molecular complexity index is 2130. The molecule has 2 fully saturated rings. The van der Waals surface area contributed by atoms with Gasteiger partial charge in [-0.15, -0.1) is 6.42 Å². The number of aromatic nitrogens is 5. The first-order valence-corrected chi connectivity index (χ1v) is 16.3. The number of halogens is 2. The van der Waals surface area contributed by atoms with Crippen molar-refractivity contribution in [2.45, 2.75) is 50.7 Å². The molecule has 48 heavy (non-hydrogen) atoms. The molecule has 3 aromatic heterocycles. The van der Waals surface area contributed by atoms with Crippen molar-refractivity contribution in [3.63, 3.8) is 0 Å². The summed E-state index contributed by atoms with van der Waals surface area (Å²) in [5.74, 6) is 2.15. The number of fused-ring (bicyclic) bond motifs is 4. The van der Waals surface area contributed by atoms with E-state index in [4.69, 9.17) is 26.0 Å². The van der Waals surface area contributed by atoms with Crippen LogP contribution in [0.2, 0.25) is 0 Å². The van der Waals surface area contributed by atoms with Crippen molar-refractivity contribution < 1.29 is 23.4 Å². The summed E-state index contributed by atoms with van der Waals surface area (Å²) >= 11 is 0. The Hall–Kier alpha value is -4.86. The molecule has 2 aromatic carbocycles. The van der Waals surface area contributed by atoms with E-state index in [0.717, 1.165) is 68.7 Å². The number of benzene rings is 2. The summed E-state index contributed by atoms with van der Waals surface area (Å²) in [4.78, 5) is 18.6. The normalized spacial score (nSPS) is 17.2. The molecule has 0 amide bonds. The quantitative estimate of drug-likeness (QED) is 0.220. The summed E-state index contributed by atoms with van der Waals surface area (Å²) in [6.45, 7) is 3.44. The molecule has 0 bridgehead atoms. The van der Waals surface area contributed by atoms with Crippen LogP contribution in [0, 0.1) is 24.0 Å². The van der Waals surface area contributed by atoms with Crippen molar-refractivity contribution in [3.8, 4) is 35.4 Å². The van der Waals surface area contributed by atoms with Gasteiger partial charge in [-0.3, -0.25) is 14.6 Å². The molecule has 1 N–H and O–H groups in total. The van der Waals surface area contributed by atoms with Gasteiger partial charge in [0.25, 0.3) is 0 Å². The number of aromatic hydroxyl groups is 1. The first kappa shape index (κ1) is 30.5. The van der Waals surface area contributed by atoms with E-state index in [9.17, 15) is 9.50 Å². The van der Waals surface area contributed by atoms with E-state index in [1.807, 2.05) is 11.9 Å². The Morgan fingerprint density at radius 3 is 2.67 bits per heavy atom. The van der Waals surface area contributed by atoms with Crippen LogP contribution < -0.4 is 9.64 Å². The molecule has 3 aliphatic heterocycles. The highest BCUT2D eigenvalue weighted by molar-refractivity contribution is 6.03. The zero-order chi connectivity index (χ0) is 33.2. The minimum Gasteiger partial charge on any atom is -0.508 e. The maximum Gasteiger partial charge on any atom is 0.319 e. The second-order valence-corrected chi connectivity index (χ2v) is 12.9. The van der Waals surface area contributed by atoms with Gasteiger partial charge in [-0.05, 0) is 75.2 Å². The Morgan fingerprint density at radius 1 is 1.08 bits per heavy atom. The topological polar surface area (TPSA) is 102 Å². The van der Waals surface area contributed by atoms with Crippen molar-refractivity contribution in [2.75, 3.05) is 38.3 Å². The number of pyridine rings is 1. The number of rotatable bonds is 7. The lowest BCUT2D eigenvalue weighted by molar-refractivity contribution is 0.108. The predicted octanol–water partition coefficient (Wildman–Crippen LogP) is 5.78. The zero-order valence-corrected chi connectivity index (χ0v) is 26.9. The number of aryl methyl sites for hydroxylation is 1. The van der Waals surface area contributed by atoms with Crippen LogP contribution in [0.3, 0.4) is 0 Å². The lowest BCUT2D eigenvalue weighted by atomic mass is 9.95. The maximum absolute atomic E-state index is 17.0. The van der Waals surface area contributed by atoms with E-state index >= 15 is 4.39 Å². The molecule has 0 atom stereocenters. The van der Waals surface area contributed by atoms with Crippen LogP contribution in [0.5, 0.6) is 11.8 Å². The molecule has 10 nitrogen and oxygen atoms in total. The third-order valence-electron chi connectivity index (χ3n) is 10.2. The number of nitrogens with zero attached hydrogens (tertiary/aromatic N) is 7. The van der Waals surface area contributed by atoms with Crippen LogP contribution >= 0.6 is 0 Å². The summed E-state index contributed by atoms with van der Waals surface area (Å²) in [6.07, 6.45) is 13.1. The third kappa shape index (κ3) is 4.75. The lowest BCUT2D eigenvalue weighted by Gasteiger charge is -2.32. The van der Waals surface area contributed by atoms with Gasteiger partial charge < -0.3 is 19.5 Å². The highest BCUT2D eigenvalue weighted by Gasteiger charge is 2.45. The number of hydrogen-bond acceptors (Lipinski definition) is 9. The van der Waals surface area contributed by atoms with Crippen molar-refractivity contribution >= 4 is 33.3 Å². The highest BCUT2D eigenvalue weighted by atomic mass is 19.1. The fourth-order valence-electron chi connectivity index (χ4n) is 8.08. The smallest absolute Gasteiger partial charge is 0.319 e. The summed E-state index contributed by atoms with van der Waals surface area (Å²) in [7, 11) is 3.51. The maximum atomic E-state index is 17.0. The van der Waals surface area contributed by atoms with Crippen molar-refractivity contribution in [3.05, 3.63) is 58.9 Å². The molecular formula is C36H35F2N7O3. The van der Waals surface area contributed by atoms with Gasteiger partial charge >= 0.3 is 6.01 Å². The molecule has 246 valence electrons. The van der Waals surface area contributed by atoms with Gasteiger partial charge in [0.1, 0.15) is 35.2 Å². The first-order chi connectivity index (χ1) is 23.3. The summed E-state index contributed by atoms with van der Waals surface area (Å²) in [5.41, 5.74) is 1.79. The van der Waals surface area contributed by atoms with E-state index in [2.05, 4.69) is 20.8 Å². The fraction of sp³-hybridized carbons (Fsp3) is 0.389. The molecule has 0 radical (unpaired) electrons. The zero-order valence-electron chi connectivity index (χ0n) is 26.9. The van der Waals surface area contributed by atoms with Gasteiger partial charge in [-0.2, -0.15) is 15.1 Å². The highest BCUT2D eigenvalue weighted by Crippen LogP contribution is 2.43. The molecule has 0 spiro atoms. The number of ether oxygens (including phenoxy) is 2. The molecule has 0 saturated carbocycles. The van der Waals surface area contributed by atoms with E-state index in [0.29, 0.717) is 36.3 Å². The SMILES string of the molecule is C#Cc1c(F)ccc2cc(O)cc(-c3ncc4c(N5CCCc6c(COC)nn(C)c65)nc(OCC56CCCN5CCC6)nc4c3F)c12. The second-order valence-electron chi connectivity index (χ2n) is 12.9. The molecule has 6 heterocycles. The number of anilines is 2. The van der Waals surface area contributed by atoms with Crippen molar-refractivity contribution in [2.24, 2.45) is 7.05 Å². The monoisotopic (exact) mass is 651 g/mol. The summed E-state index contributed by atoms with van der Waals surface area (Å²) in [5, 5.41) is 16.4. The molecule has 12 heteroatoms. The van der Waals surface area contributed by atoms with Crippen LogP contribution in [-0.2, 0) is 24.8 Å². The average Bonchev–Trinajstić information content (AvgIpc) is 3.76. The van der Waals surface area contributed by atoms with Gasteiger partial charge in [-0.25, -0.2) is 8.78 Å². The van der Waals surface area contributed by atoms with E-state index in [-0.39, 0.29) is 45.0 Å². The standard InChI is InChI=1S/C36H35F2N7O3/c1-4-23-27(37)10-9-21-16-22(46)17-25(29(21)23)31-30(38)32-26(18-39-31)33(45-15-5-8-24-28(19-47-3)42-43(2)34(24)45)41-35(40-32)48-20-36-11-6-13-44(36)14-7-12-36/h1,9-10,16-18,46H,5-8,11-15,19-20H2,2-3H3. The number of hydrogen-bond donors (Lipinski definition) is 1. The Kier molecular flexibility index (Phi) is 7.42. The summed E-state index contributed by atoms with van der Waals surface area (Å²) < 4.78 is 45.6.